The van der Waals surface area contributed by atoms with Gasteiger partial charge in [-0.05, 0) is 6.54 Å². The molecule has 1 N–H and O–H groups in total. The molecule has 6 heteroatoms. The van der Waals surface area contributed by atoms with Crippen molar-refractivity contribution < 1.29 is 9.90 Å². The molecule has 0 radical (unpaired) electrons. The summed E-state index contributed by atoms with van der Waals surface area (Å²) in [6.45, 7) is 6.89. The van der Waals surface area contributed by atoms with Gasteiger partial charge < -0.3 is 14.9 Å². The lowest BCUT2D eigenvalue weighted by molar-refractivity contribution is 0.0690. The molecular weight excluding hydrogens is 220 g/mol. The zero-order valence-electron chi connectivity index (χ0n) is 9.83. The lowest BCUT2D eigenvalue weighted by atomic mass is 10.3. The molecule has 92 valence electrons. The fraction of sp³-hybridized carbons (Fsp3) is 0.545. The highest BCUT2D eigenvalue weighted by atomic mass is 16.4. The van der Waals surface area contributed by atoms with Crippen molar-refractivity contribution in [3.63, 3.8) is 0 Å². The number of aromatic carboxylic acids is 1. The zero-order chi connectivity index (χ0) is 12.3. The molecule has 2 heterocycles. The Morgan fingerprint density at radius 2 is 2.06 bits per heavy atom. The van der Waals surface area contributed by atoms with E-state index < -0.39 is 5.97 Å². The molecule has 1 aliphatic rings. The van der Waals surface area contributed by atoms with Gasteiger partial charge in [-0.15, -0.1) is 0 Å². The first-order chi connectivity index (χ1) is 8.20. The van der Waals surface area contributed by atoms with Crippen molar-refractivity contribution in [2.24, 2.45) is 0 Å². The third-order valence-corrected chi connectivity index (χ3v) is 2.98. The molecule has 0 saturated carbocycles. The SMILES string of the molecule is CCN1CCN(c2cncc(C(=O)O)n2)CC1. The second-order valence-electron chi connectivity index (χ2n) is 3.99. The smallest absolute Gasteiger partial charge is 0.356 e. The van der Waals surface area contributed by atoms with Crippen molar-refractivity contribution in [3.8, 4) is 0 Å². The number of anilines is 1. The Kier molecular flexibility index (Phi) is 3.53. The van der Waals surface area contributed by atoms with Crippen molar-refractivity contribution in [3.05, 3.63) is 18.1 Å². The van der Waals surface area contributed by atoms with Crippen LogP contribution in [0.2, 0.25) is 0 Å². The van der Waals surface area contributed by atoms with Gasteiger partial charge in [0, 0.05) is 26.2 Å². The number of hydrogen-bond donors (Lipinski definition) is 1. The van der Waals surface area contributed by atoms with Crippen molar-refractivity contribution >= 4 is 11.8 Å². The van der Waals surface area contributed by atoms with Crippen molar-refractivity contribution in [1.29, 1.82) is 0 Å². The second kappa shape index (κ2) is 5.09. The highest BCUT2D eigenvalue weighted by molar-refractivity contribution is 5.85. The van der Waals surface area contributed by atoms with E-state index in [1.165, 1.54) is 6.20 Å². The fourth-order valence-electron chi connectivity index (χ4n) is 1.90. The van der Waals surface area contributed by atoms with E-state index in [1.807, 2.05) is 0 Å². The van der Waals surface area contributed by atoms with Crippen LogP contribution in [0.5, 0.6) is 0 Å². The van der Waals surface area contributed by atoms with Crippen molar-refractivity contribution in [1.82, 2.24) is 14.9 Å². The molecule has 0 amide bonds. The fourth-order valence-corrected chi connectivity index (χ4v) is 1.90. The summed E-state index contributed by atoms with van der Waals surface area (Å²) in [5.74, 6) is -0.382. The molecule has 2 rings (SSSR count). The quantitative estimate of drug-likeness (QED) is 0.815. The second-order valence-corrected chi connectivity index (χ2v) is 3.99. The van der Waals surface area contributed by atoms with E-state index in [-0.39, 0.29) is 5.69 Å². The van der Waals surface area contributed by atoms with Crippen LogP contribution in [0.25, 0.3) is 0 Å². The van der Waals surface area contributed by atoms with E-state index >= 15 is 0 Å². The topological polar surface area (TPSA) is 69.6 Å². The van der Waals surface area contributed by atoms with Crippen LogP contribution in [-0.2, 0) is 0 Å². The molecule has 0 bridgehead atoms. The molecule has 1 saturated heterocycles. The molecular formula is C11H16N4O2. The standard InChI is InChI=1S/C11H16N4O2/c1-2-14-3-5-15(6-4-14)10-8-12-7-9(13-10)11(16)17/h7-8H,2-6H2,1H3,(H,16,17). The molecule has 0 aromatic carbocycles. The maximum atomic E-state index is 10.8. The zero-order valence-corrected chi connectivity index (χ0v) is 9.83. The summed E-state index contributed by atoms with van der Waals surface area (Å²) >= 11 is 0. The van der Waals surface area contributed by atoms with Crippen LogP contribution in [-0.4, -0.2) is 58.7 Å². The molecule has 1 aromatic heterocycles. The molecule has 0 aliphatic carbocycles. The van der Waals surface area contributed by atoms with Gasteiger partial charge in [0.05, 0.1) is 12.4 Å². The summed E-state index contributed by atoms with van der Waals surface area (Å²) in [4.78, 5) is 23.2. The number of piperazine rings is 1. The van der Waals surface area contributed by atoms with Gasteiger partial charge in [0.2, 0.25) is 0 Å². The Labute approximate surface area is 99.9 Å². The first-order valence-corrected chi connectivity index (χ1v) is 5.73. The lowest BCUT2D eigenvalue weighted by Crippen LogP contribution is -2.46. The van der Waals surface area contributed by atoms with Gasteiger partial charge in [-0.25, -0.2) is 9.78 Å². The summed E-state index contributed by atoms with van der Waals surface area (Å²) in [5.41, 5.74) is 0.000390. The average molecular weight is 236 g/mol. The average Bonchev–Trinajstić information content (AvgIpc) is 2.39. The summed E-state index contributed by atoms with van der Waals surface area (Å²) < 4.78 is 0. The number of carboxylic acid groups (broad SMARTS) is 1. The van der Waals surface area contributed by atoms with Gasteiger partial charge in [-0.3, -0.25) is 4.98 Å². The molecule has 0 spiro atoms. The van der Waals surface area contributed by atoms with Gasteiger partial charge in [-0.2, -0.15) is 0 Å². The van der Waals surface area contributed by atoms with Crippen LogP contribution in [0.3, 0.4) is 0 Å². The van der Waals surface area contributed by atoms with Crippen LogP contribution in [0, 0.1) is 0 Å². The number of carboxylic acids is 1. The first kappa shape index (κ1) is 11.8. The van der Waals surface area contributed by atoms with E-state index in [2.05, 4.69) is 26.7 Å². The number of aromatic nitrogens is 2. The van der Waals surface area contributed by atoms with Crippen LogP contribution in [0.15, 0.2) is 12.4 Å². The highest BCUT2D eigenvalue weighted by Crippen LogP contribution is 2.12. The van der Waals surface area contributed by atoms with Gasteiger partial charge in [0.15, 0.2) is 5.69 Å². The normalized spacial score (nSPS) is 17.1. The summed E-state index contributed by atoms with van der Waals surface area (Å²) in [6, 6.07) is 0. The molecule has 1 fully saturated rings. The van der Waals surface area contributed by atoms with Crippen LogP contribution < -0.4 is 4.90 Å². The third-order valence-electron chi connectivity index (χ3n) is 2.98. The van der Waals surface area contributed by atoms with Crippen molar-refractivity contribution in [2.75, 3.05) is 37.6 Å². The van der Waals surface area contributed by atoms with Gasteiger partial charge in [0.25, 0.3) is 0 Å². The highest BCUT2D eigenvalue weighted by Gasteiger charge is 2.18. The predicted octanol–water partition coefficient (Wildman–Crippen LogP) is 0.317. The minimum Gasteiger partial charge on any atom is -0.476 e. The maximum absolute atomic E-state index is 10.8. The molecule has 0 unspecified atom stereocenters. The summed E-state index contributed by atoms with van der Waals surface area (Å²) in [6.07, 6.45) is 2.89. The van der Waals surface area contributed by atoms with Crippen molar-refractivity contribution in [2.45, 2.75) is 6.92 Å². The number of rotatable bonds is 3. The number of carbonyl (C=O) groups is 1. The van der Waals surface area contributed by atoms with Crippen LogP contribution in [0.4, 0.5) is 5.82 Å². The van der Waals surface area contributed by atoms with Crippen LogP contribution in [0.1, 0.15) is 17.4 Å². The predicted molar refractivity (Wildman–Crippen MR) is 63.3 cm³/mol. The Balaban J connectivity index is 2.08. The van der Waals surface area contributed by atoms with E-state index in [4.69, 9.17) is 5.11 Å². The molecule has 6 nitrogen and oxygen atoms in total. The van der Waals surface area contributed by atoms with E-state index in [1.54, 1.807) is 6.20 Å². The van der Waals surface area contributed by atoms with E-state index in [0.717, 1.165) is 32.7 Å². The third kappa shape index (κ3) is 2.71. The maximum Gasteiger partial charge on any atom is 0.356 e. The van der Waals surface area contributed by atoms with E-state index in [0.29, 0.717) is 5.82 Å². The monoisotopic (exact) mass is 236 g/mol. The van der Waals surface area contributed by atoms with Gasteiger partial charge in [-0.1, -0.05) is 6.92 Å². The Morgan fingerprint density at radius 3 is 2.65 bits per heavy atom. The Bertz CT molecular complexity index is 402. The molecule has 0 atom stereocenters. The van der Waals surface area contributed by atoms with E-state index in [9.17, 15) is 4.79 Å². The summed E-state index contributed by atoms with van der Waals surface area (Å²) in [5, 5.41) is 8.86. The molecule has 1 aliphatic heterocycles. The lowest BCUT2D eigenvalue weighted by Gasteiger charge is -2.34. The van der Waals surface area contributed by atoms with Crippen LogP contribution >= 0.6 is 0 Å². The molecule has 17 heavy (non-hydrogen) atoms. The number of hydrogen-bond acceptors (Lipinski definition) is 5. The largest absolute Gasteiger partial charge is 0.476 e. The Morgan fingerprint density at radius 1 is 1.35 bits per heavy atom. The minimum absolute atomic E-state index is 0.000390. The summed E-state index contributed by atoms with van der Waals surface area (Å²) in [7, 11) is 0. The Hall–Kier alpha value is -1.69. The number of nitrogens with zero attached hydrogens (tertiary/aromatic N) is 4. The first-order valence-electron chi connectivity index (χ1n) is 5.73. The molecule has 1 aromatic rings. The van der Waals surface area contributed by atoms with Gasteiger partial charge >= 0.3 is 5.97 Å². The number of likely N-dealkylation sites (N-methyl/N-ethyl adjacent to an activating group) is 1. The minimum atomic E-state index is -1.04. The van der Waals surface area contributed by atoms with Gasteiger partial charge in [0.1, 0.15) is 5.82 Å².